The Labute approximate surface area is 251 Å². The van der Waals surface area contributed by atoms with Crippen LogP contribution in [0.5, 0.6) is 5.75 Å². The number of nitrogens with zero attached hydrogens (tertiary/aromatic N) is 4. The zero-order chi connectivity index (χ0) is 29.9. The van der Waals surface area contributed by atoms with Gasteiger partial charge in [-0.05, 0) is 67.8 Å². The molecule has 0 N–H and O–H groups in total. The molecule has 4 aromatic carbocycles. The highest BCUT2D eigenvalue weighted by molar-refractivity contribution is 5.87. The maximum Gasteiger partial charge on any atom is 0.352 e. The maximum absolute atomic E-state index is 12.7. The lowest BCUT2D eigenvalue weighted by atomic mass is 10.1. The van der Waals surface area contributed by atoms with Crippen molar-refractivity contribution in [1.82, 2.24) is 19.1 Å². The second kappa shape index (κ2) is 12.1. The van der Waals surface area contributed by atoms with Gasteiger partial charge in [-0.2, -0.15) is 0 Å². The summed E-state index contributed by atoms with van der Waals surface area (Å²) >= 11 is 0. The molecule has 6 aromatic rings. The van der Waals surface area contributed by atoms with Gasteiger partial charge in [-0.1, -0.05) is 61.5 Å². The van der Waals surface area contributed by atoms with E-state index in [9.17, 15) is 4.79 Å². The Kier molecular flexibility index (Phi) is 7.97. The summed E-state index contributed by atoms with van der Waals surface area (Å²) < 4.78 is 15.9. The highest BCUT2D eigenvalue weighted by atomic mass is 16.6. The molecule has 43 heavy (non-hydrogen) atoms. The van der Waals surface area contributed by atoms with Gasteiger partial charge in [0.1, 0.15) is 17.4 Å². The molecule has 0 amide bonds. The van der Waals surface area contributed by atoms with Crippen LogP contribution in [0.2, 0.25) is 0 Å². The highest BCUT2D eigenvalue weighted by Gasteiger charge is 2.24. The summed E-state index contributed by atoms with van der Waals surface area (Å²) in [4.78, 5) is 22.8. The molecular formula is C36H36N4O3. The van der Waals surface area contributed by atoms with Gasteiger partial charge in [0.25, 0.3) is 0 Å². The first kappa shape index (κ1) is 28.2. The van der Waals surface area contributed by atoms with Crippen LogP contribution in [0.15, 0.2) is 91.0 Å². The lowest BCUT2D eigenvalue weighted by molar-refractivity contribution is -0.151. The Bertz CT molecular complexity index is 1890. The van der Waals surface area contributed by atoms with Crippen LogP contribution >= 0.6 is 0 Å². The summed E-state index contributed by atoms with van der Waals surface area (Å²) in [6.07, 6.45) is 1.06. The van der Waals surface area contributed by atoms with Gasteiger partial charge in [-0.3, -0.25) is 0 Å². The van der Waals surface area contributed by atoms with Crippen LogP contribution in [0, 0.1) is 6.92 Å². The Hall–Kier alpha value is -4.91. The number of imidazole rings is 2. The standard InChI is InChI=1S/C36H36N4O3/c1-5-12-32-38-33-24(3)21-27(35-37-29-15-10-11-16-30(29)39(35)4)22-31(33)40(32)23-25-17-19-28(20-18-25)43-34(36(41)42-6-2)26-13-8-7-9-14-26/h7-11,13-22,34H,5-6,12,23H2,1-4H3. The van der Waals surface area contributed by atoms with Gasteiger partial charge in [0.2, 0.25) is 6.10 Å². The molecule has 0 saturated carbocycles. The van der Waals surface area contributed by atoms with E-state index in [0.717, 1.165) is 68.8 Å². The van der Waals surface area contributed by atoms with Gasteiger partial charge >= 0.3 is 5.97 Å². The first-order chi connectivity index (χ1) is 21.0. The van der Waals surface area contributed by atoms with Crippen LogP contribution in [-0.2, 0) is 29.5 Å². The number of hydrogen-bond acceptors (Lipinski definition) is 5. The molecule has 2 aromatic heterocycles. The molecule has 0 aliphatic rings. The summed E-state index contributed by atoms with van der Waals surface area (Å²) in [6.45, 7) is 7.06. The van der Waals surface area contributed by atoms with Gasteiger partial charge in [-0.15, -0.1) is 0 Å². The van der Waals surface area contributed by atoms with E-state index in [1.165, 1.54) is 0 Å². The SMILES string of the molecule is CCCc1nc2c(C)cc(-c3nc4ccccc4n3C)cc2n1Cc1ccc(OC(C(=O)OCC)c2ccccc2)cc1. The number of para-hydroxylation sites is 2. The lowest BCUT2D eigenvalue weighted by Gasteiger charge is -2.18. The molecule has 0 saturated heterocycles. The molecule has 2 heterocycles. The monoisotopic (exact) mass is 572 g/mol. The summed E-state index contributed by atoms with van der Waals surface area (Å²) in [6, 6.07) is 30.0. The predicted octanol–water partition coefficient (Wildman–Crippen LogP) is 7.58. The lowest BCUT2D eigenvalue weighted by Crippen LogP contribution is -2.21. The van der Waals surface area contributed by atoms with Crippen molar-refractivity contribution in [1.29, 1.82) is 0 Å². The quantitative estimate of drug-likeness (QED) is 0.158. The number of benzene rings is 4. The van der Waals surface area contributed by atoms with E-state index in [-0.39, 0.29) is 0 Å². The van der Waals surface area contributed by atoms with Gasteiger partial charge in [-0.25, -0.2) is 14.8 Å². The number of carbonyl (C=O) groups is 1. The van der Waals surface area contributed by atoms with E-state index in [1.807, 2.05) is 66.7 Å². The van der Waals surface area contributed by atoms with E-state index in [0.29, 0.717) is 18.9 Å². The van der Waals surface area contributed by atoms with Crippen LogP contribution in [-0.4, -0.2) is 31.7 Å². The predicted molar refractivity (Wildman–Crippen MR) is 170 cm³/mol. The second-order valence-corrected chi connectivity index (χ2v) is 10.8. The van der Waals surface area contributed by atoms with E-state index < -0.39 is 12.1 Å². The average Bonchev–Trinajstić information content (AvgIpc) is 3.55. The number of aryl methyl sites for hydroxylation is 3. The van der Waals surface area contributed by atoms with E-state index in [4.69, 9.17) is 19.4 Å². The number of aromatic nitrogens is 4. The van der Waals surface area contributed by atoms with Crippen LogP contribution in [0.4, 0.5) is 0 Å². The minimum Gasteiger partial charge on any atom is -0.474 e. The number of ether oxygens (including phenoxy) is 2. The van der Waals surface area contributed by atoms with Gasteiger partial charge in [0.15, 0.2) is 0 Å². The number of fused-ring (bicyclic) bond motifs is 2. The summed E-state index contributed by atoms with van der Waals surface area (Å²) in [5.74, 6) is 2.20. The summed E-state index contributed by atoms with van der Waals surface area (Å²) in [7, 11) is 2.07. The zero-order valence-corrected chi connectivity index (χ0v) is 25.1. The van der Waals surface area contributed by atoms with Crippen LogP contribution in [0.25, 0.3) is 33.5 Å². The molecule has 6 rings (SSSR count). The summed E-state index contributed by atoms with van der Waals surface area (Å²) in [5, 5.41) is 0. The van der Waals surface area contributed by atoms with Crippen molar-refractivity contribution in [3.8, 4) is 17.1 Å². The molecule has 0 aliphatic carbocycles. The minimum atomic E-state index is -0.829. The maximum atomic E-state index is 12.7. The van der Waals surface area contributed by atoms with Gasteiger partial charge in [0, 0.05) is 31.1 Å². The van der Waals surface area contributed by atoms with Crippen molar-refractivity contribution >= 4 is 28.0 Å². The molecule has 0 radical (unpaired) electrons. The van der Waals surface area contributed by atoms with Crippen molar-refractivity contribution in [2.75, 3.05) is 6.61 Å². The molecular weight excluding hydrogens is 536 g/mol. The number of carbonyl (C=O) groups excluding carboxylic acids is 1. The fourth-order valence-electron chi connectivity index (χ4n) is 5.65. The largest absolute Gasteiger partial charge is 0.474 e. The minimum absolute atomic E-state index is 0.293. The number of hydrogen-bond donors (Lipinski definition) is 0. The number of esters is 1. The van der Waals surface area contributed by atoms with Crippen LogP contribution < -0.4 is 4.74 Å². The average molecular weight is 573 g/mol. The van der Waals surface area contributed by atoms with E-state index in [1.54, 1.807) is 6.92 Å². The third-order valence-electron chi connectivity index (χ3n) is 7.76. The molecule has 0 bridgehead atoms. The first-order valence-corrected chi connectivity index (χ1v) is 14.9. The second-order valence-electron chi connectivity index (χ2n) is 10.8. The summed E-state index contributed by atoms with van der Waals surface area (Å²) in [5.41, 5.74) is 8.28. The van der Waals surface area contributed by atoms with Crippen LogP contribution in [0.1, 0.15) is 48.9 Å². The molecule has 0 aliphatic heterocycles. The molecule has 7 nitrogen and oxygen atoms in total. The van der Waals surface area contributed by atoms with Gasteiger partial charge in [0.05, 0.1) is 28.7 Å². The topological polar surface area (TPSA) is 71.2 Å². The normalized spacial score (nSPS) is 12.1. The third kappa shape index (κ3) is 5.63. The molecule has 1 unspecified atom stereocenters. The molecule has 0 spiro atoms. The first-order valence-electron chi connectivity index (χ1n) is 14.9. The van der Waals surface area contributed by atoms with Crippen molar-refractivity contribution in [2.24, 2.45) is 7.05 Å². The zero-order valence-electron chi connectivity index (χ0n) is 25.1. The third-order valence-corrected chi connectivity index (χ3v) is 7.76. The Morgan fingerprint density at radius 3 is 2.35 bits per heavy atom. The Balaban J connectivity index is 1.33. The van der Waals surface area contributed by atoms with Crippen molar-refractivity contribution < 1.29 is 14.3 Å². The highest BCUT2D eigenvalue weighted by Crippen LogP contribution is 2.31. The molecule has 7 heteroatoms. The van der Waals surface area contributed by atoms with Crippen LogP contribution in [0.3, 0.4) is 0 Å². The van der Waals surface area contributed by atoms with E-state index in [2.05, 4.69) is 54.3 Å². The Morgan fingerprint density at radius 2 is 1.63 bits per heavy atom. The van der Waals surface area contributed by atoms with Crippen molar-refractivity contribution in [3.63, 3.8) is 0 Å². The number of rotatable bonds is 10. The van der Waals surface area contributed by atoms with Crippen molar-refractivity contribution in [3.05, 3.63) is 114 Å². The fraction of sp³-hybridized carbons (Fsp3) is 0.250. The van der Waals surface area contributed by atoms with E-state index >= 15 is 0 Å². The fourth-order valence-corrected chi connectivity index (χ4v) is 5.65. The smallest absolute Gasteiger partial charge is 0.352 e. The molecule has 218 valence electrons. The Morgan fingerprint density at radius 1 is 0.884 bits per heavy atom. The molecule has 0 fully saturated rings. The molecule has 1 atom stereocenters. The van der Waals surface area contributed by atoms with Crippen molar-refractivity contribution in [2.45, 2.75) is 46.3 Å². The van der Waals surface area contributed by atoms with Gasteiger partial charge < -0.3 is 18.6 Å².